The van der Waals surface area contributed by atoms with E-state index in [1.165, 1.54) is 30.0 Å². The molecule has 0 aliphatic carbocycles. The Morgan fingerprint density at radius 1 is 1.07 bits per heavy atom. The first-order chi connectivity index (χ1) is 13.6. The van der Waals surface area contributed by atoms with Crippen molar-refractivity contribution < 1.29 is 28.7 Å². The second kappa shape index (κ2) is 9.31. The molecule has 29 heavy (non-hydrogen) atoms. The predicted octanol–water partition coefficient (Wildman–Crippen LogP) is 1.72. The lowest BCUT2D eigenvalue weighted by atomic mass is 10.1. The summed E-state index contributed by atoms with van der Waals surface area (Å²) in [6, 6.07) is 3.37. The summed E-state index contributed by atoms with van der Waals surface area (Å²) in [6.07, 6.45) is -0.545. The topological polar surface area (TPSA) is 122 Å². The van der Waals surface area contributed by atoms with Gasteiger partial charge in [-0.1, -0.05) is 13.8 Å². The smallest absolute Gasteiger partial charge is 0.338 e. The van der Waals surface area contributed by atoms with Gasteiger partial charge in [-0.25, -0.2) is 9.59 Å². The number of hydrogen-bond acceptors (Lipinski definition) is 6. The van der Waals surface area contributed by atoms with E-state index in [2.05, 4.69) is 5.32 Å². The van der Waals surface area contributed by atoms with Gasteiger partial charge < -0.3 is 10.1 Å². The predicted molar refractivity (Wildman–Crippen MR) is 103 cm³/mol. The highest BCUT2D eigenvalue weighted by Crippen LogP contribution is 2.25. The number of carbonyl (C=O) groups excluding carboxylic acids is 5. The van der Waals surface area contributed by atoms with Gasteiger partial charge in [0.05, 0.1) is 16.7 Å². The quantitative estimate of drug-likeness (QED) is 0.528. The Balaban J connectivity index is 2.08. The maximum absolute atomic E-state index is 12.6. The number of nitrogens with one attached hydrogen (secondary N) is 2. The molecule has 156 valence electrons. The molecule has 0 unspecified atom stereocenters. The lowest BCUT2D eigenvalue weighted by molar-refractivity contribution is -0.127. The highest BCUT2D eigenvalue weighted by molar-refractivity contribution is 6.22. The Kier molecular flexibility index (Phi) is 7.08. The SMILES string of the molecule is CCNC(=O)NC(=O)[C@H](C)OC(=O)c1ccc2c(c1)C(=O)N(CCC(C)C)C2=O. The molecule has 0 aromatic heterocycles. The van der Waals surface area contributed by atoms with Crippen molar-refractivity contribution in [2.75, 3.05) is 13.1 Å². The number of benzene rings is 1. The first kappa shape index (κ1) is 22.1. The molecular weight excluding hydrogens is 378 g/mol. The molecular formula is C20H25N3O6. The molecule has 1 heterocycles. The largest absolute Gasteiger partial charge is 0.449 e. The Labute approximate surface area is 168 Å². The molecule has 0 fully saturated rings. The minimum atomic E-state index is -1.22. The summed E-state index contributed by atoms with van der Waals surface area (Å²) in [5.41, 5.74) is 0.401. The number of amides is 5. The van der Waals surface area contributed by atoms with E-state index in [9.17, 15) is 24.0 Å². The first-order valence-electron chi connectivity index (χ1n) is 9.45. The van der Waals surface area contributed by atoms with Gasteiger partial charge in [-0.15, -0.1) is 0 Å². The van der Waals surface area contributed by atoms with Gasteiger partial charge >= 0.3 is 12.0 Å². The minimum Gasteiger partial charge on any atom is -0.449 e. The van der Waals surface area contributed by atoms with Gasteiger partial charge in [-0.3, -0.25) is 24.6 Å². The molecule has 2 rings (SSSR count). The molecule has 1 aliphatic heterocycles. The summed E-state index contributed by atoms with van der Waals surface area (Å²) in [5.74, 6) is -2.14. The van der Waals surface area contributed by atoms with E-state index in [1.807, 2.05) is 19.2 Å². The summed E-state index contributed by atoms with van der Waals surface area (Å²) in [6.45, 7) is 7.65. The molecule has 1 aromatic rings. The van der Waals surface area contributed by atoms with Gasteiger partial charge in [0.2, 0.25) is 0 Å². The lowest BCUT2D eigenvalue weighted by Crippen LogP contribution is -2.44. The number of urea groups is 1. The number of carbonyl (C=O) groups is 5. The normalized spacial score (nSPS) is 13.9. The summed E-state index contributed by atoms with van der Waals surface area (Å²) in [5, 5.41) is 4.44. The second-order valence-corrected chi connectivity index (χ2v) is 7.10. The van der Waals surface area contributed by atoms with Crippen molar-refractivity contribution in [1.29, 1.82) is 0 Å². The van der Waals surface area contributed by atoms with Crippen molar-refractivity contribution in [2.45, 2.75) is 40.2 Å². The van der Waals surface area contributed by atoms with E-state index in [1.54, 1.807) is 6.92 Å². The van der Waals surface area contributed by atoms with Crippen LogP contribution in [0.2, 0.25) is 0 Å². The molecule has 9 heteroatoms. The van der Waals surface area contributed by atoms with E-state index >= 15 is 0 Å². The highest BCUT2D eigenvalue weighted by atomic mass is 16.5. The number of imide groups is 2. The molecule has 5 amide bonds. The highest BCUT2D eigenvalue weighted by Gasteiger charge is 2.36. The molecule has 0 bridgehead atoms. The van der Waals surface area contributed by atoms with Crippen LogP contribution in [0.1, 0.15) is 65.2 Å². The van der Waals surface area contributed by atoms with E-state index in [4.69, 9.17) is 4.74 Å². The van der Waals surface area contributed by atoms with Gasteiger partial charge in [0.25, 0.3) is 17.7 Å². The summed E-state index contributed by atoms with van der Waals surface area (Å²) >= 11 is 0. The van der Waals surface area contributed by atoms with Crippen molar-refractivity contribution in [3.05, 3.63) is 34.9 Å². The summed E-state index contributed by atoms with van der Waals surface area (Å²) in [7, 11) is 0. The third-order valence-electron chi connectivity index (χ3n) is 4.36. The Morgan fingerprint density at radius 3 is 2.34 bits per heavy atom. The van der Waals surface area contributed by atoms with Crippen molar-refractivity contribution in [1.82, 2.24) is 15.5 Å². The van der Waals surface area contributed by atoms with Crippen LogP contribution in [0.25, 0.3) is 0 Å². The zero-order valence-electron chi connectivity index (χ0n) is 16.9. The van der Waals surface area contributed by atoms with Crippen molar-refractivity contribution in [3.8, 4) is 0 Å². The average molecular weight is 403 g/mol. The van der Waals surface area contributed by atoms with Gasteiger partial charge in [0, 0.05) is 13.1 Å². The monoisotopic (exact) mass is 403 g/mol. The van der Waals surface area contributed by atoms with Crippen LogP contribution in [0.3, 0.4) is 0 Å². The number of nitrogens with zero attached hydrogens (tertiary/aromatic N) is 1. The number of ether oxygens (including phenoxy) is 1. The first-order valence-corrected chi connectivity index (χ1v) is 9.45. The van der Waals surface area contributed by atoms with E-state index < -0.39 is 29.9 Å². The maximum atomic E-state index is 12.6. The fourth-order valence-corrected chi connectivity index (χ4v) is 2.71. The van der Waals surface area contributed by atoms with Crippen molar-refractivity contribution in [3.63, 3.8) is 0 Å². The van der Waals surface area contributed by atoms with E-state index in [0.717, 1.165) is 0 Å². The molecule has 1 aromatic carbocycles. The summed E-state index contributed by atoms with van der Waals surface area (Å²) in [4.78, 5) is 61.8. The van der Waals surface area contributed by atoms with Crippen LogP contribution in [0.4, 0.5) is 4.79 Å². The van der Waals surface area contributed by atoms with Crippen LogP contribution < -0.4 is 10.6 Å². The second-order valence-electron chi connectivity index (χ2n) is 7.10. The number of esters is 1. The van der Waals surface area contributed by atoms with E-state index in [-0.39, 0.29) is 22.6 Å². The van der Waals surface area contributed by atoms with Crippen molar-refractivity contribution in [2.24, 2.45) is 5.92 Å². The standard InChI is InChI=1S/C20H25N3O6/c1-5-21-20(28)22-16(24)12(4)29-19(27)13-6-7-14-15(10-13)18(26)23(17(14)25)9-8-11(2)3/h6-7,10-12H,5,8-9H2,1-4H3,(H2,21,22,24,28)/t12-/m0/s1. The minimum absolute atomic E-state index is 0.0354. The van der Waals surface area contributed by atoms with Crippen molar-refractivity contribution >= 4 is 29.7 Å². The zero-order chi connectivity index (χ0) is 21.7. The van der Waals surface area contributed by atoms with Crippen LogP contribution in [-0.4, -0.2) is 53.8 Å². The molecule has 1 atom stereocenters. The Bertz CT molecular complexity index is 849. The van der Waals surface area contributed by atoms with Gasteiger partial charge in [-0.05, 0) is 44.4 Å². The van der Waals surface area contributed by atoms with Crippen LogP contribution in [-0.2, 0) is 9.53 Å². The van der Waals surface area contributed by atoms with E-state index in [0.29, 0.717) is 25.4 Å². The molecule has 0 radical (unpaired) electrons. The average Bonchev–Trinajstić information content (AvgIpc) is 2.89. The molecule has 1 aliphatic rings. The fourth-order valence-electron chi connectivity index (χ4n) is 2.71. The molecule has 0 saturated carbocycles. The molecule has 2 N–H and O–H groups in total. The maximum Gasteiger partial charge on any atom is 0.338 e. The van der Waals surface area contributed by atoms with Gasteiger partial charge in [0.15, 0.2) is 6.10 Å². The zero-order valence-corrected chi connectivity index (χ0v) is 16.9. The molecule has 0 saturated heterocycles. The Morgan fingerprint density at radius 2 is 1.72 bits per heavy atom. The summed E-state index contributed by atoms with van der Waals surface area (Å²) < 4.78 is 5.06. The number of hydrogen-bond donors (Lipinski definition) is 2. The van der Waals surface area contributed by atoms with Crippen LogP contribution >= 0.6 is 0 Å². The molecule has 9 nitrogen and oxygen atoms in total. The number of fused-ring (bicyclic) bond motifs is 1. The van der Waals surface area contributed by atoms with Crippen LogP contribution in [0.15, 0.2) is 18.2 Å². The third-order valence-corrected chi connectivity index (χ3v) is 4.36. The third kappa shape index (κ3) is 5.18. The van der Waals surface area contributed by atoms with Crippen LogP contribution in [0.5, 0.6) is 0 Å². The number of rotatable bonds is 7. The Hall–Kier alpha value is -3.23. The van der Waals surface area contributed by atoms with Gasteiger partial charge in [0.1, 0.15) is 0 Å². The van der Waals surface area contributed by atoms with Gasteiger partial charge in [-0.2, -0.15) is 0 Å². The molecule has 0 spiro atoms. The lowest BCUT2D eigenvalue weighted by Gasteiger charge is -2.14. The fraction of sp³-hybridized carbons (Fsp3) is 0.450. The van der Waals surface area contributed by atoms with Crippen LogP contribution in [0, 0.1) is 5.92 Å².